The topological polar surface area (TPSA) is 64.3 Å². The van der Waals surface area contributed by atoms with E-state index in [2.05, 4.69) is 5.32 Å². The van der Waals surface area contributed by atoms with Crippen molar-refractivity contribution in [2.75, 3.05) is 11.9 Å². The Bertz CT molecular complexity index is 482. The van der Waals surface area contributed by atoms with E-state index in [0.29, 0.717) is 24.1 Å². The molecule has 114 valence electrons. The van der Waals surface area contributed by atoms with Gasteiger partial charge in [0.15, 0.2) is 0 Å². The van der Waals surface area contributed by atoms with Crippen LogP contribution in [0.25, 0.3) is 0 Å². The van der Waals surface area contributed by atoms with Gasteiger partial charge in [-0.15, -0.1) is 0 Å². The SMILES string of the molecule is NC(=S)c1ccc(NC(=O)CCCOC2CCCC2)cc1. The molecule has 1 amide bonds. The van der Waals surface area contributed by atoms with Gasteiger partial charge in [-0.3, -0.25) is 4.79 Å². The number of hydrogen-bond donors (Lipinski definition) is 2. The molecule has 1 fully saturated rings. The van der Waals surface area contributed by atoms with Crippen molar-refractivity contribution >= 4 is 28.8 Å². The lowest BCUT2D eigenvalue weighted by molar-refractivity contribution is -0.116. The van der Waals surface area contributed by atoms with E-state index in [9.17, 15) is 4.79 Å². The first-order valence-electron chi connectivity index (χ1n) is 7.46. The highest BCUT2D eigenvalue weighted by molar-refractivity contribution is 7.80. The third-order valence-corrected chi connectivity index (χ3v) is 3.89. The monoisotopic (exact) mass is 306 g/mol. The smallest absolute Gasteiger partial charge is 0.224 e. The molecule has 0 heterocycles. The summed E-state index contributed by atoms with van der Waals surface area (Å²) >= 11 is 4.89. The fourth-order valence-corrected chi connectivity index (χ4v) is 2.62. The van der Waals surface area contributed by atoms with Gasteiger partial charge < -0.3 is 15.8 Å². The van der Waals surface area contributed by atoms with E-state index >= 15 is 0 Å². The molecule has 1 aromatic carbocycles. The summed E-state index contributed by atoms with van der Waals surface area (Å²) < 4.78 is 5.74. The number of anilines is 1. The lowest BCUT2D eigenvalue weighted by Crippen LogP contribution is -2.14. The van der Waals surface area contributed by atoms with Gasteiger partial charge in [0.05, 0.1) is 6.10 Å². The summed E-state index contributed by atoms with van der Waals surface area (Å²) in [5.41, 5.74) is 7.09. The lowest BCUT2D eigenvalue weighted by atomic mass is 10.2. The molecule has 0 radical (unpaired) electrons. The number of hydrogen-bond acceptors (Lipinski definition) is 3. The lowest BCUT2D eigenvalue weighted by Gasteiger charge is -2.10. The molecule has 1 aliphatic rings. The molecule has 1 aromatic rings. The number of nitrogens with one attached hydrogen (secondary N) is 1. The Morgan fingerprint density at radius 2 is 1.95 bits per heavy atom. The number of thiocarbonyl (C=S) groups is 1. The third-order valence-electron chi connectivity index (χ3n) is 3.66. The number of benzene rings is 1. The average molecular weight is 306 g/mol. The van der Waals surface area contributed by atoms with Crippen molar-refractivity contribution in [3.8, 4) is 0 Å². The van der Waals surface area contributed by atoms with E-state index in [1.807, 2.05) is 0 Å². The number of nitrogens with two attached hydrogens (primary N) is 1. The Morgan fingerprint density at radius 3 is 2.57 bits per heavy atom. The molecule has 0 aromatic heterocycles. The first-order valence-corrected chi connectivity index (χ1v) is 7.87. The molecule has 0 saturated heterocycles. The van der Waals surface area contributed by atoms with Crippen molar-refractivity contribution < 1.29 is 9.53 Å². The molecule has 21 heavy (non-hydrogen) atoms. The van der Waals surface area contributed by atoms with E-state index in [1.165, 1.54) is 25.7 Å². The zero-order valence-corrected chi connectivity index (χ0v) is 13.0. The molecule has 3 N–H and O–H groups in total. The summed E-state index contributed by atoms with van der Waals surface area (Å²) in [6.07, 6.45) is 6.53. The highest BCUT2D eigenvalue weighted by Gasteiger charge is 2.14. The summed E-state index contributed by atoms with van der Waals surface area (Å²) in [6.45, 7) is 0.665. The minimum absolute atomic E-state index is 0.00750. The second-order valence-electron chi connectivity index (χ2n) is 5.37. The second kappa shape index (κ2) is 8.10. The predicted octanol–water partition coefficient (Wildman–Crippen LogP) is 3.00. The third kappa shape index (κ3) is 5.44. The van der Waals surface area contributed by atoms with E-state index in [1.54, 1.807) is 24.3 Å². The van der Waals surface area contributed by atoms with Crippen LogP contribution >= 0.6 is 12.2 Å². The molecule has 1 aliphatic carbocycles. The number of carbonyl (C=O) groups is 1. The van der Waals surface area contributed by atoms with E-state index in [0.717, 1.165) is 17.7 Å². The molecule has 0 unspecified atom stereocenters. The van der Waals surface area contributed by atoms with Gasteiger partial charge in [-0.25, -0.2) is 0 Å². The molecular weight excluding hydrogens is 284 g/mol. The van der Waals surface area contributed by atoms with E-state index in [-0.39, 0.29) is 5.91 Å². The summed E-state index contributed by atoms with van der Waals surface area (Å²) in [7, 11) is 0. The number of rotatable bonds is 7. The highest BCUT2D eigenvalue weighted by Crippen LogP contribution is 2.21. The van der Waals surface area contributed by atoms with Crippen LogP contribution in [0.2, 0.25) is 0 Å². The van der Waals surface area contributed by atoms with Crippen molar-refractivity contribution in [1.29, 1.82) is 0 Å². The summed E-state index contributed by atoms with van der Waals surface area (Å²) in [5, 5.41) is 2.86. The zero-order valence-electron chi connectivity index (χ0n) is 12.1. The molecule has 1 saturated carbocycles. The quantitative estimate of drug-likeness (QED) is 0.600. The highest BCUT2D eigenvalue weighted by atomic mass is 32.1. The second-order valence-corrected chi connectivity index (χ2v) is 5.81. The van der Waals surface area contributed by atoms with Crippen LogP contribution in [-0.2, 0) is 9.53 Å². The number of amides is 1. The number of ether oxygens (including phenoxy) is 1. The fourth-order valence-electron chi connectivity index (χ4n) is 2.48. The molecular formula is C16H22N2O2S. The first-order chi connectivity index (χ1) is 10.1. The van der Waals surface area contributed by atoms with Crippen LogP contribution < -0.4 is 11.1 Å². The van der Waals surface area contributed by atoms with Gasteiger partial charge in [0.1, 0.15) is 4.99 Å². The average Bonchev–Trinajstić information content (AvgIpc) is 2.97. The Labute approximate surface area is 131 Å². The first kappa shape index (κ1) is 15.9. The maximum atomic E-state index is 11.8. The number of carbonyl (C=O) groups excluding carboxylic acids is 1. The Balaban J connectivity index is 1.65. The van der Waals surface area contributed by atoms with Gasteiger partial charge in [-0.1, -0.05) is 25.1 Å². The van der Waals surface area contributed by atoms with Crippen LogP contribution in [0.1, 0.15) is 44.1 Å². The molecule has 2 rings (SSSR count). The van der Waals surface area contributed by atoms with Crippen LogP contribution in [0.4, 0.5) is 5.69 Å². The van der Waals surface area contributed by atoms with Crippen LogP contribution in [0, 0.1) is 0 Å². The maximum absolute atomic E-state index is 11.8. The van der Waals surface area contributed by atoms with Gasteiger partial charge in [0.2, 0.25) is 5.91 Å². The van der Waals surface area contributed by atoms with E-state index < -0.39 is 0 Å². The van der Waals surface area contributed by atoms with E-state index in [4.69, 9.17) is 22.7 Å². The van der Waals surface area contributed by atoms with Gasteiger partial charge >= 0.3 is 0 Å². The predicted molar refractivity (Wildman–Crippen MR) is 88.4 cm³/mol. The Morgan fingerprint density at radius 1 is 1.29 bits per heavy atom. The summed E-state index contributed by atoms with van der Waals surface area (Å²) in [6, 6.07) is 7.23. The minimum Gasteiger partial charge on any atom is -0.389 e. The minimum atomic E-state index is 0.00750. The van der Waals surface area contributed by atoms with Crippen LogP contribution in [0.15, 0.2) is 24.3 Å². The molecule has 5 heteroatoms. The van der Waals surface area contributed by atoms with Gasteiger partial charge in [-0.2, -0.15) is 0 Å². The zero-order chi connectivity index (χ0) is 15.1. The van der Waals surface area contributed by atoms with Crippen molar-refractivity contribution in [3.63, 3.8) is 0 Å². The molecule has 0 spiro atoms. The van der Waals surface area contributed by atoms with Gasteiger partial charge in [0, 0.05) is 24.3 Å². The van der Waals surface area contributed by atoms with Crippen molar-refractivity contribution in [1.82, 2.24) is 0 Å². The fraction of sp³-hybridized carbons (Fsp3) is 0.500. The Hall–Kier alpha value is -1.46. The maximum Gasteiger partial charge on any atom is 0.224 e. The van der Waals surface area contributed by atoms with Gasteiger partial charge in [-0.05, 0) is 43.5 Å². The van der Waals surface area contributed by atoms with Crippen LogP contribution in [-0.4, -0.2) is 23.6 Å². The standard InChI is InChI=1S/C16H22N2O2S/c17-16(21)12-7-9-13(10-8-12)18-15(19)6-3-11-20-14-4-1-2-5-14/h7-10,14H,1-6,11H2,(H2,17,21)(H,18,19). The molecule has 0 aliphatic heterocycles. The molecule has 4 nitrogen and oxygen atoms in total. The molecule has 0 atom stereocenters. The van der Waals surface area contributed by atoms with Crippen molar-refractivity contribution in [2.24, 2.45) is 5.73 Å². The summed E-state index contributed by atoms with van der Waals surface area (Å²) in [5.74, 6) is 0.00750. The normalized spacial score (nSPS) is 15.0. The molecule has 0 bridgehead atoms. The van der Waals surface area contributed by atoms with Crippen LogP contribution in [0.3, 0.4) is 0 Å². The Kier molecular flexibility index (Phi) is 6.14. The van der Waals surface area contributed by atoms with Crippen molar-refractivity contribution in [3.05, 3.63) is 29.8 Å². The van der Waals surface area contributed by atoms with Crippen molar-refractivity contribution in [2.45, 2.75) is 44.6 Å². The van der Waals surface area contributed by atoms with Gasteiger partial charge in [0.25, 0.3) is 0 Å². The summed E-state index contributed by atoms with van der Waals surface area (Å²) in [4.78, 5) is 12.2. The van der Waals surface area contributed by atoms with Crippen LogP contribution in [0.5, 0.6) is 0 Å². The largest absolute Gasteiger partial charge is 0.389 e.